The van der Waals surface area contributed by atoms with Crippen LogP contribution >= 0.6 is 0 Å². The predicted molar refractivity (Wildman–Crippen MR) is 53.1 cm³/mol. The normalized spacial score (nSPS) is 12.0. The fraction of sp³-hybridized carbons (Fsp3) is 0.364. The minimum absolute atomic E-state index is 0.306. The zero-order valence-electron chi connectivity index (χ0n) is 7.83. The molecule has 1 aromatic rings. The summed E-state index contributed by atoms with van der Waals surface area (Å²) in [6.45, 7) is 2.52. The van der Waals surface area contributed by atoms with Crippen LogP contribution in [0, 0.1) is 11.3 Å². The topological polar surface area (TPSA) is 35.8 Å². The van der Waals surface area contributed by atoms with Gasteiger partial charge in [0.1, 0.15) is 0 Å². The molecule has 1 aromatic carbocycles. The smallest absolute Gasteiger partial charge is 0.0845 e. The Morgan fingerprint density at radius 1 is 1.38 bits per heavy atom. The van der Waals surface area contributed by atoms with Gasteiger partial charge in [-0.15, -0.1) is 0 Å². The summed E-state index contributed by atoms with van der Waals surface area (Å²) in [5.41, 5.74) is 1.25. The minimum Gasteiger partial charge on any atom is -0.298 e. The van der Waals surface area contributed by atoms with Crippen molar-refractivity contribution in [1.82, 2.24) is 5.32 Å². The van der Waals surface area contributed by atoms with Crippen molar-refractivity contribution in [2.75, 3.05) is 6.54 Å². The lowest BCUT2D eigenvalue weighted by molar-refractivity contribution is 0.554. The molecular weight excluding hydrogens is 160 g/mol. The van der Waals surface area contributed by atoms with E-state index in [1.165, 1.54) is 5.56 Å². The molecule has 0 aliphatic carbocycles. The van der Waals surface area contributed by atoms with Crippen LogP contribution in [-0.2, 0) is 0 Å². The summed E-state index contributed by atoms with van der Waals surface area (Å²) in [6, 6.07) is 12.6. The van der Waals surface area contributed by atoms with Gasteiger partial charge in [-0.05, 0) is 12.0 Å². The van der Waals surface area contributed by atoms with Crippen molar-refractivity contribution in [2.24, 2.45) is 0 Å². The van der Waals surface area contributed by atoms with Gasteiger partial charge >= 0.3 is 0 Å². The molecular formula is C11H14N2. The SMILES string of the molecule is CCC(NCC#N)c1ccccc1. The van der Waals surface area contributed by atoms with E-state index >= 15 is 0 Å². The van der Waals surface area contributed by atoms with E-state index in [2.05, 4.69) is 30.4 Å². The van der Waals surface area contributed by atoms with Crippen LogP contribution in [0.2, 0.25) is 0 Å². The summed E-state index contributed by atoms with van der Waals surface area (Å²) in [5.74, 6) is 0. The van der Waals surface area contributed by atoms with Crippen LogP contribution in [0.25, 0.3) is 0 Å². The first-order valence-corrected chi connectivity index (χ1v) is 4.53. The molecule has 0 saturated heterocycles. The molecule has 1 atom stereocenters. The summed E-state index contributed by atoms with van der Waals surface area (Å²) >= 11 is 0. The van der Waals surface area contributed by atoms with Gasteiger partial charge in [0, 0.05) is 6.04 Å². The second-order valence-corrected chi connectivity index (χ2v) is 2.91. The van der Waals surface area contributed by atoms with Crippen molar-refractivity contribution in [3.63, 3.8) is 0 Å². The molecule has 13 heavy (non-hydrogen) atoms. The fourth-order valence-corrected chi connectivity index (χ4v) is 1.35. The largest absolute Gasteiger partial charge is 0.298 e. The summed E-state index contributed by atoms with van der Waals surface area (Å²) < 4.78 is 0. The number of nitrogens with one attached hydrogen (secondary N) is 1. The quantitative estimate of drug-likeness (QED) is 0.711. The monoisotopic (exact) mass is 174 g/mol. The fourth-order valence-electron chi connectivity index (χ4n) is 1.35. The molecule has 0 radical (unpaired) electrons. The van der Waals surface area contributed by atoms with Crippen LogP contribution in [0.4, 0.5) is 0 Å². The number of nitrogens with zero attached hydrogens (tertiary/aromatic N) is 1. The van der Waals surface area contributed by atoms with Crippen LogP contribution in [-0.4, -0.2) is 6.54 Å². The first-order valence-electron chi connectivity index (χ1n) is 4.53. The van der Waals surface area contributed by atoms with Crippen LogP contribution in [0.15, 0.2) is 30.3 Å². The maximum absolute atomic E-state index is 8.45. The Balaban J connectivity index is 2.63. The number of benzene rings is 1. The Kier molecular flexibility index (Phi) is 4.01. The zero-order chi connectivity index (χ0) is 9.52. The second kappa shape index (κ2) is 5.34. The average Bonchev–Trinajstić information content (AvgIpc) is 2.21. The van der Waals surface area contributed by atoms with Crippen molar-refractivity contribution in [1.29, 1.82) is 5.26 Å². The van der Waals surface area contributed by atoms with Crippen LogP contribution in [0.5, 0.6) is 0 Å². The van der Waals surface area contributed by atoms with Gasteiger partial charge in [0.2, 0.25) is 0 Å². The molecule has 0 saturated carbocycles. The average molecular weight is 174 g/mol. The van der Waals surface area contributed by atoms with Crippen molar-refractivity contribution in [3.8, 4) is 6.07 Å². The number of nitriles is 1. The molecule has 0 amide bonds. The lowest BCUT2D eigenvalue weighted by Gasteiger charge is -2.14. The highest BCUT2D eigenvalue weighted by atomic mass is 14.9. The first-order chi connectivity index (χ1) is 6.38. The van der Waals surface area contributed by atoms with Crippen molar-refractivity contribution >= 4 is 0 Å². The van der Waals surface area contributed by atoms with Gasteiger partial charge in [-0.25, -0.2) is 0 Å². The molecule has 0 heterocycles. The lowest BCUT2D eigenvalue weighted by Crippen LogP contribution is -2.20. The molecule has 2 heteroatoms. The minimum atomic E-state index is 0.306. The molecule has 0 aliphatic heterocycles. The Morgan fingerprint density at radius 2 is 2.08 bits per heavy atom. The molecule has 0 spiro atoms. The van der Waals surface area contributed by atoms with Gasteiger partial charge in [0.25, 0.3) is 0 Å². The molecule has 0 fully saturated rings. The molecule has 0 aliphatic rings. The highest BCUT2D eigenvalue weighted by molar-refractivity contribution is 5.18. The van der Waals surface area contributed by atoms with Crippen molar-refractivity contribution < 1.29 is 0 Å². The summed E-state index contributed by atoms with van der Waals surface area (Å²) in [5, 5.41) is 11.6. The first kappa shape index (κ1) is 9.76. The molecule has 1 N–H and O–H groups in total. The third kappa shape index (κ3) is 2.89. The van der Waals surface area contributed by atoms with E-state index in [4.69, 9.17) is 5.26 Å². The summed E-state index contributed by atoms with van der Waals surface area (Å²) in [6.07, 6.45) is 1.01. The Labute approximate surface area is 79.2 Å². The van der Waals surface area contributed by atoms with E-state index in [0.717, 1.165) is 6.42 Å². The van der Waals surface area contributed by atoms with Gasteiger partial charge in [-0.2, -0.15) is 5.26 Å². The highest BCUT2D eigenvalue weighted by Crippen LogP contribution is 2.14. The summed E-state index contributed by atoms with van der Waals surface area (Å²) in [7, 11) is 0. The third-order valence-electron chi connectivity index (χ3n) is 2.04. The molecule has 1 unspecified atom stereocenters. The lowest BCUT2D eigenvalue weighted by atomic mass is 10.1. The standard InChI is InChI=1S/C11H14N2/c1-2-11(13-9-8-12)10-6-4-3-5-7-10/h3-7,11,13H,2,9H2,1H3. The Hall–Kier alpha value is -1.33. The van der Waals surface area contributed by atoms with E-state index in [0.29, 0.717) is 12.6 Å². The predicted octanol–water partition coefficient (Wildman–Crippen LogP) is 2.25. The number of rotatable bonds is 4. The summed E-state index contributed by atoms with van der Waals surface area (Å²) in [4.78, 5) is 0. The van der Waals surface area contributed by atoms with Crippen LogP contribution in [0.3, 0.4) is 0 Å². The third-order valence-corrected chi connectivity index (χ3v) is 2.04. The van der Waals surface area contributed by atoms with Crippen molar-refractivity contribution in [2.45, 2.75) is 19.4 Å². The van der Waals surface area contributed by atoms with E-state index in [1.807, 2.05) is 18.2 Å². The van der Waals surface area contributed by atoms with Gasteiger partial charge in [-0.1, -0.05) is 37.3 Å². The zero-order valence-corrected chi connectivity index (χ0v) is 7.83. The van der Waals surface area contributed by atoms with Gasteiger partial charge in [0.05, 0.1) is 12.6 Å². The van der Waals surface area contributed by atoms with Crippen LogP contribution < -0.4 is 5.32 Å². The molecule has 68 valence electrons. The van der Waals surface area contributed by atoms with Gasteiger partial charge in [0.15, 0.2) is 0 Å². The molecule has 0 bridgehead atoms. The number of hydrogen-bond donors (Lipinski definition) is 1. The Morgan fingerprint density at radius 3 is 2.62 bits per heavy atom. The maximum atomic E-state index is 8.45. The second-order valence-electron chi connectivity index (χ2n) is 2.91. The van der Waals surface area contributed by atoms with E-state index in [-0.39, 0.29) is 0 Å². The van der Waals surface area contributed by atoms with Gasteiger partial charge < -0.3 is 0 Å². The van der Waals surface area contributed by atoms with E-state index in [9.17, 15) is 0 Å². The molecule has 1 rings (SSSR count). The number of hydrogen-bond acceptors (Lipinski definition) is 2. The van der Waals surface area contributed by atoms with Crippen LogP contribution in [0.1, 0.15) is 24.9 Å². The van der Waals surface area contributed by atoms with Gasteiger partial charge in [-0.3, -0.25) is 5.32 Å². The Bertz CT molecular complexity index is 274. The van der Waals surface area contributed by atoms with Crippen molar-refractivity contribution in [3.05, 3.63) is 35.9 Å². The molecule has 0 aromatic heterocycles. The molecule has 2 nitrogen and oxygen atoms in total. The highest BCUT2D eigenvalue weighted by Gasteiger charge is 2.05. The van der Waals surface area contributed by atoms with E-state index < -0.39 is 0 Å². The maximum Gasteiger partial charge on any atom is 0.0845 e. The van der Waals surface area contributed by atoms with E-state index in [1.54, 1.807) is 0 Å².